The monoisotopic (exact) mass is 368 g/mol. The highest BCUT2D eigenvalue weighted by Crippen LogP contribution is 2.24. The second-order valence-corrected chi connectivity index (χ2v) is 5.77. The van der Waals surface area contributed by atoms with Crippen LogP contribution in [0, 0.1) is 6.92 Å². The minimum atomic E-state index is -0.156. The topological polar surface area (TPSA) is 64.4 Å². The zero-order chi connectivity index (χ0) is 16.8. The Labute approximate surface area is 153 Å². The van der Waals surface area contributed by atoms with E-state index in [-0.39, 0.29) is 24.4 Å². The van der Waals surface area contributed by atoms with Crippen molar-refractivity contribution < 1.29 is 9.53 Å². The highest BCUT2D eigenvalue weighted by molar-refractivity contribution is 6.32. The number of nitrogens with two attached hydrogens (primary N) is 1. The van der Waals surface area contributed by atoms with E-state index in [1.807, 2.05) is 38.1 Å². The van der Waals surface area contributed by atoms with Crippen LogP contribution in [-0.2, 0) is 0 Å². The molecule has 130 valence electrons. The summed E-state index contributed by atoms with van der Waals surface area (Å²) in [5, 5.41) is 3.45. The average Bonchev–Trinajstić information content (AvgIpc) is 2.55. The Morgan fingerprint density at radius 3 is 2.67 bits per heavy atom. The molecule has 0 fully saturated rings. The first kappa shape index (κ1) is 20.1. The number of carbonyl (C=O) groups is 1. The lowest BCUT2D eigenvalue weighted by Crippen LogP contribution is -2.35. The molecule has 2 aromatic carbocycles. The van der Waals surface area contributed by atoms with Crippen molar-refractivity contribution >= 4 is 35.6 Å². The number of nitrogen functional groups attached to an aromatic ring is 1. The van der Waals surface area contributed by atoms with Crippen LogP contribution in [0.4, 0.5) is 5.69 Å². The van der Waals surface area contributed by atoms with E-state index < -0.39 is 0 Å². The Morgan fingerprint density at radius 2 is 2.00 bits per heavy atom. The Hall–Kier alpha value is -1.91. The lowest BCUT2D eigenvalue weighted by Gasteiger charge is -2.19. The van der Waals surface area contributed by atoms with Gasteiger partial charge in [-0.2, -0.15) is 0 Å². The molecule has 1 unspecified atom stereocenters. The summed E-state index contributed by atoms with van der Waals surface area (Å²) >= 11 is 6.10. The fourth-order valence-electron chi connectivity index (χ4n) is 2.18. The summed E-state index contributed by atoms with van der Waals surface area (Å²) in [7, 11) is 0. The molecule has 0 aromatic heterocycles. The molecule has 2 aromatic rings. The van der Waals surface area contributed by atoms with Crippen molar-refractivity contribution in [2.24, 2.45) is 0 Å². The Kier molecular flexibility index (Phi) is 7.89. The molecule has 4 nitrogen and oxygen atoms in total. The summed E-state index contributed by atoms with van der Waals surface area (Å²) in [5.41, 5.74) is 7.78. The van der Waals surface area contributed by atoms with Crippen molar-refractivity contribution in [1.82, 2.24) is 5.32 Å². The number of amides is 1. The molecule has 0 aliphatic carbocycles. The summed E-state index contributed by atoms with van der Waals surface area (Å²) in [6.45, 7) is 4.28. The molecule has 2 rings (SSSR count). The third kappa shape index (κ3) is 5.32. The zero-order valence-corrected chi connectivity index (χ0v) is 15.3. The van der Waals surface area contributed by atoms with E-state index >= 15 is 0 Å². The number of hydrogen-bond donors (Lipinski definition) is 2. The van der Waals surface area contributed by atoms with Gasteiger partial charge in [-0.25, -0.2) is 0 Å². The number of rotatable bonds is 6. The van der Waals surface area contributed by atoms with Crippen molar-refractivity contribution in [3.63, 3.8) is 0 Å². The molecule has 0 bridgehead atoms. The van der Waals surface area contributed by atoms with Crippen molar-refractivity contribution in [2.75, 3.05) is 12.3 Å². The SMILES string of the molecule is CCC(CNC(=O)c1cc(N)ccc1C)Oc1ccccc1Cl.Cl. The van der Waals surface area contributed by atoms with E-state index in [1.54, 1.807) is 18.2 Å². The highest BCUT2D eigenvalue weighted by Gasteiger charge is 2.14. The third-order valence-electron chi connectivity index (χ3n) is 3.58. The van der Waals surface area contributed by atoms with Gasteiger partial charge in [0, 0.05) is 11.3 Å². The number of hydrogen-bond acceptors (Lipinski definition) is 3. The molecule has 6 heteroatoms. The van der Waals surface area contributed by atoms with Crippen LogP contribution in [0.3, 0.4) is 0 Å². The minimum Gasteiger partial charge on any atom is -0.487 e. The second-order valence-electron chi connectivity index (χ2n) is 5.36. The number of carbonyl (C=O) groups excluding carboxylic acids is 1. The fourth-order valence-corrected chi connectivity index (χ4v) is 2.36. The van der Waals surface area contributed by atoms with E-state index in [4.69, 9.17) is 22.1 Å². The molecule has 0 aliphatic heterocycles. The van der Waals surface area contributed by atoms with Gasteiger partial charge in [-0.3, -0.25) is 4.79 Å². The van der Waals surface area contributed by atoms with Crippen LogP contribution in [0.15, 0.2) is 42.5 Å². The Bertz CT molecular complexity index is 692. The van der Waals surface area contributed by atoms with Crippen molar-refractivity contribution in [2.45, 2.75) is 26.4 Å². The quantitative estimate of drug-likeness (QED) is 0.749. The van der Waals surface area contributed by atoms with Gasteiger partial charge < -0.3 is 15.8 Å². The van der Waals surface area contributed by atoms with Gasteiger partial charge in [0.1, 0.15) is 11.9 Å². The van der Waals surface area contributed by atoms with E-state index in [0.29, 0.717) is 28.6 Å². The molecule has 0 radical (unpaired) electrons. The van der Waals surface area contributed by atoms with Crippen molar-refractivity contribution in [3.8, 4) is 5.75 Å². The molecule has 3 N–H and O–H groups in total. The molecule has 0 spiro atoms. The molecule has 1 atom stereocenters. The van der Waals surface area contributed by atoms with E-state index in [1.165, 1.54) is 0 Å². The normalized spacial score (nSPS) is 11.3. The predicted molar refractivity (Wildman–Crippen MR) is 101 cm³/mol. The first-order valence-corrected chi connectivity index (χ1v) is 7.94. The largest absolute Gasteiger partial charge is 0.487 e. The summed E-state index contributed by atoms with van der Waals surface area (Å²) in [4.78, 5) is 12.3. The van der Waals surface area contributed by atoms with E-state index in [9.17, 15) is 4.79 Å². The lowest BCUT2D eigenvalue weighted by atomic mass is 10.1. The maximum absolute atomic E-state index is 12.3. The first-order valence-electron chi connectivity index (χ1n) is 7.56. The average molecular weight is 369 g/mol. The van der Waals surface area contributed by atoms with Crippen LogP contribution in [-0.4, -0.2) is 18.6 Å². The van der Waals surface area contributed by atoms with Crippen LogP contribution in [0.25, 0.3) is 0 Å². The van der Waals surface area contributed by atoms with E-state index in [2.05, 4.69) is 5.32 Å². The first-order chi connectivity index (χ1) is 11.0. The smallest absolute Gasteiger partial charge is 0.251 e. The highest BCUT2D eigenvalue weighted by atomic mass is 35.5. The zero-order valence-electron chi connectivity index (χ0n) is 13.7. The standard InChI is InChI=1S/C18H21ClN2O2.ClH/c1-3-14(23-17-7-5-4-6-16(17)19)11-21-18(22)15-10-13(20)9-8-12(15)2;/h4-10,14H,3,11,20H2,1-2H3,(H,21,22);1H. The molecule has 0 heterocycles. The van der Waals surface area contributed by atoms with Crippen LogP contribution >= 0.6 is 24.0 Å². The number of aryl methyl sites for hydroxylation is 1. The lowest BCUT2D eigenvalue weighted by molar-refractivity contribution is 0.0925. The number of nitrogens with one attached hydrogen (secondary N) is 1. The van der Waals surface area contributed by atoms with Crippen molar-refractivity contribution in [1.29, 1.82) is 0 Å². The summed E-state index contributed by atoms with van der Waals surface area (Å²) in [5.74, 6) is 0.464. The van der Waals surface area contributed by atoms with Gasteiger partial charge in [0.2, 0.25) is 0 Å². The van der Waals surface area contributed by atoms with E-state index in [0.717, 1.165) is 12.0 Å². The summed E-state index contributed by atoms with van der Waals surface area (Å²) in [6.07, 6.45) is 0.599. The van der Waals surface area contributed by atoms with Gasteiger partial charge in [-0.15, -0.1) is 12.4 Å². The van der Waals surface area contributed by atoms with Crippen LogP contribution in [0.1, 0.15) is 29.3 Å². The number of benzene rings is 2. The van der Waals surface area contributed by atoms with Crippen LogP contribution in [0.5, 0.6) is 5.75 Å². The van der Waals surface area contributed by atoms with Gasteiger partial charge >= 0.3 is 0 Å². The molecular weight excluding hydrogens is 347 g/mol. The predicted octanol–water partition coefficient (Wildman–Crippen LogP) is 4.24. The number of halogens is 2. The Balaban J connectivity index is 0.00000288. The van der Waals surface area contributed by atoms with Gasteiger partial charge in [0.05, 0.1) is 11.6 Å². The number of anilines is 1. The second kappa shape index (κ2) is 9.40. The van der Waals surface area contributed by atoms with Crippen LogP contribution < -0.4 is 15.8 Å². The van der Waals surface area contributed by atoms with Crippen LogP contribution in [0.2, 0.25) is 5.02 Å². The third-order valence-corrected chi connectivity index (χ3v) is 3.89. The molecule has 0 saturated carbocycles. The van der Waals surface area contributed by atoms with Gasteiger partial charge in [-0.05, 0) is 43.2 Å². The number of para-hydroxylation sites is 1. The molecule has 0 aliphatic rings. The maximum atomic E-state index is 12.3. The minimum absolute atomic E-state index is 0. The molecular formula is C18H22Cl2N2O2. The molecule has 0 saturated heterocycles. The number of ether oxygens (including phenoxy) is 1. The molecule has 24 heavy (non-hydrogen) atoms. The fraction of sp³-hybridized carbons (Fsp3) is 0.278. The molecule has 1 amide bonds. The van der Waals surface area contributed by atoms with Gasteiger partial charge in [0.15, 0.2) is 0 Å². The summed E-state index contributed by atoms with van der Waals surface area (Å²) in [6, 6.07) is 12.6. The van der Waals surface area contributed by atoms with Gasteiger partial charge in [-0.1, -0.05) is 36.7 Å². The Morgan fingerprint density at radius 1 is 1.29 bits per heavy atom. The van der Waals surface area contributed by atoms with Gasteiger partial charge in [0.25, 0.3) is 5.91 Å². The summed E-state index contributed by atoms with van der Waals surface area (Å²) < 4.78 is 5.86. The van der Waals surface area contributed by atoms with Crippen molar-refractivity contribution in [3.05, 3.63) is 58.6 Å². The maximum Gasteiger partial charge on any atom is 0.251 e.